The summed E-state index contributed by atoms with van der Waals surface area (Å²) in [6.45, 7) is 3.76. The summed E-state index contributed by atoms with van der Waals surface area (Å²) >= 11 is 0. The Morgan fingerprint density at radius 3 is 2.26 bits per heavy atom. The van der Waals surface area contributed by atoms with E-state index >= 15 is 0 Å². The maximum Gasteiger partial charge on any atom is 0.252 e. The van der Waals surface area contributed by atoms with Gasteiger partial charge in [-0.25, -0.2) is 0 Å². The Balaban J connectivity index is 2.06. The summed E-state index contributed by atoms with van der Waals surface area (Å²) in [5.74, 6) is 0.899. The molecule has 0 aromatic heterocycles. The molecule has 1 amide bonds. The molecule has 0 atom stereocenters. The number of rotatable bonds is 2. The van der Waals surface area contributed by atoms with Crippen molar-refractivity contribution in [3.05, 3.63) is 35.9 Å². The zero-order valence-electron chi connectivity index (χ0n) is 11.6. The van der Waals surface area contributed by atoms with Gasteiger partial charge in [-0.2, -0.15) is 0 Å². The largest absolute Gasteiger partial charge is 0.312 e. The number of amides is 1. The Morgan fingerprint density at radius 1 is 1.11 bits per heavy atom. The highest BCUT2D eigenvalue weighted by molar-refractivity contribution is 6.12. The lowest BCUT2D eigenvalue weighted by atomic mass is 9.77. The number of hydrogen-bond acceptors (Lipinski definition) is 2. The molecule has 2 aliphatic rings. The Bertz CT molecular complexity index is 525. The Morgan fingerprint density at radius 2 is 1.74 bits per heavy atom. The molecule has 1 aromatic rings. The summed E-state index contributed by atoms with van der Waals surface area (Å²) in [5, 5.41) is 3.04. The number of nitrogens with zero attached hydrogens (tertiary/aromatic N) is 1. The van der Waals surface area contributed by atoms with Gasteiger partial charge in [-0.3, -0.25) is 9.79 Å². The van der Waals surface area contributed by atoms with E-state index < -0.39 is 5.54 Å². The van der Waals surface area contributed by atoms with Crippen LogP contribution < -0.4 is 5.32 Å². The molecule has 1 aliphatic heterocycles. The topological polar surface area (TPSA) is 41.5 Å². The first-order valence-corrected chi connectivity index (χ1v) is 7.02. The summed E-state index contributed by atoms with van der Waals surface area (Å²) < 4.78 is 0. The Kier molecular flexibility index (Phi) is 2.73. The molecule has 0 radical (unpaired) electrons. The molecule has 3 heteroatoms. The maximum absolute atomic E-state index is 12.0. The molecule has 1 heterocycles. The minimum atomic E-state index is -0.625. The summed E-state index contributed by atoms with van der Waals surface area (Å²) in [6, 6.07) is 10.5. The smallest absolute Gasteiger partial charge is 0.252 e. The molecule has 1 saturated carbocycles. The Hall–Kier alpha value is -1.64. The van der Waals surface area contributed by atoms with Crippen LogP contribution in [0.25, 0.3) is 0 Å². The number of benzene rings is 1. The summed E-state index contributed by atoms with van der Waals surface area (Å²) in [7, 11) is 0. The van der Waals surface area contributed by atoms with Gasteiger partial charge in [0.15, 0.2) is 0 Å². The van der Waals surface area contributed by atoms with Crippen molar-refractivity contribution in [2.75, 3.05) is 0 Å². The van der Waals surface area contributed by atoms with E-state index in [1.54, 1.807) is 0 Å². The van der Waals surface area contributed by atoms with Gasteiger partial charge in [0.05, 0.1) is 5.41 Å². The summed E-state index contributed by atoms with van der Waals surface area (Å²) in [4.78, 5) is 16.7. The first-order valence-electron chi connectivity index (χ1n) is 7.02. The van der Waals surface area contributed by atoms with Crippen molar-refractivity contribution >= 4 is 11.7 Å². The highest BCUT2D eigenvalue weighted by Gasteiger charge is 2.46. The second-order valence-corrected chi connectivity index (χ2v) is 6.13. The normalized spacial score (nSPS) is 24.1. The SMILES string of the molecule is CC1(C)N=C(C2(c3ccccc3)CCCC2)NC1=O. The van der Waals surface area contributed by atoms with Gasteiger partial charge < -0.3 is 5.32 Å². The highest BCUT2D eigenvalue weighted by Crippen LogP contribution is 2.43. The van der Waals surface area contributed by atoms with Gasteiger partial charge in [0.25, 0.3) is 5.91 Å². The molecule has 100 valence electrons. The van der Waals surface area contributed by atoms with Crippen molar-refractivity contribution in [1.29, 1.82) is 0 Å². The van der Waals surface area contributed by atoms with E-state index in [4.69, 9.17) is 0 Å². The molecule has 3 rings (SSSR count). The van der Waals surface area contributed by atoms with E-state index in [1.807, 2.05) is 19.9 Å². The Labute approximate surface area is 114 Å². The fourth-order valence-corrected chi connectivity index (χ4v) is 3.24. The van der Waals surface area contributed by atoms with Gasteiger partial charge in [0.2, 0.25) is 0 Å². The van der Waals surface area contributed by atoms with Crippen molar-refractivity contribution < 1.29 is 4.79 Å². The van der Waals surface area contributed by atoms with Crippen LogP contribution in [0.15, 0.2) is 35.3 Å². The van der Waals surface area contributed by atoms with Crippen LogP contribution in [0.3, 0.4) is 0 Å². The van der Waals surface area contributed by atoms with Gasteiger partial charge in [-0.15, -0.1) is 0 Å². The summed E-state index contributed by atoms with van der Waals surface area (Å²) in [5.41, 5.74) is 0.578. The third kappa shape index (κ3) is 1.88. The van der Waals surface area contributed by atoms with Crippen LogP contribution in [-0.4, -0.2) is 17.3 Å². The van der Waals surface area contributed by atoms with Crippen molar-refractivity contribution in [2.45, 2.75) is 50.5 Å². The number of hydrogen-bond donors (Lipinski definition) is 1. The standard InChI is InChI=1S/C16H20N2O/c1-15(2)14(19)17-13(18-15)16(10-6-7-11-16)12-8-4-3-5-9-12/h3-5,8-9H,6-7,10-11H2,1-2H3,(H,17,18,19). The fourth-order valence-electron chi connectivity index (χ4n) is 3.24. The van der Waals surface area contributed by atoms with Crippen LogP contribution in [0.2, 0.25) is 0 Å². The van der Waals surface area contributed by atoms with Crippen LogP contribution in [-0.2, 0) is 10.2 Å². The number of aliphatic imine (C=N–C) groups is 1. The van der Waals surface area contributed by atoms with E-state index in [1.165, 1.54) is 18.4 Å². The summed E-state index contributed by atoms with van der Waals surface area (Å²) in [6.07, 6.45) is 4.55. The molecular formula is C16H20N2O. The lowest BCUT2D eigenvalue weighted by molar-refractivity contribution is -0.122. The number of carbonyl (C=O) groups is 1. The zero-order chi connectivity index (χ0) is 13.5. The highest BCUT2D eigenvalue weighted by atomic mass is 16.2. The molecular weight excluding hydrogens is 236 g/mol. The molecule has 1 aromatic carbocycles. The minimum absolute atomic E-state index is 0.0182. The van der Waals surface area contributed by atoms with E-state index in [-0.39, 0.29) is 11.3 Å². The third-order valence-corrected chi connectivity index (χ3v) is 4.42. The maximum atomic E-state index is 12.0. The average Bonchev–Trinajstić information content (AvgIpc) is 2.98. The van der Waals surface area contributed by atoms with Gasteiger partial charge in [0.1, 0.15) is 11.4 Å². The van der Waals surface area contributed by atoms with Crippen molar-refractivity contribution in [2.24, 2.45) is 4.99 Å². The molecule has 0 spiro atoms. The number of amidine groups is 1. The second kappa shape index (κ2) is 4.19. The van der Waals surface area contributed by atoms with E-state index in [9.17, 15) is 4.79 Å². The first kappa shape index (κ1) is 12.4. The van der Waals surface area contributed by atoms with Gasteiger partial charge in [0, 0.05) is 0 Å². The molecule has 1 fully saturated rings. The predicted molar refractivity (Wildman–Crippen MR) is 76.2 cm³/mol. The second-order valence-electron chi connectivity index (χ2n) is 6.13. The molecule has 1 aliphatic carbocycles. The van der Waals surface area contributed by atoms with Crippen LogP contribution in [0.1, 0.15) is 45.1 Å². The van der Waals surface area contributed by atoms with E-state index in [2.05, 4.69) is 34.6 Å². The van der Waals surface area contributed by atoms with Crippen LogP contribution in [0, 0.1) is 0 Å². The third-order valence-electron chi connectivity index (χ3n) is 4.42. The lowest BCUT2D eigenvalue weighted by Gasteiger charge is -2.29. The van der Waals surface area contributed by atoms with Crippen LogP contribution in [0.4, 0.5) is 0 Å². The quantitative estimate of drug-likeness (QED) is 0.868. The van der Waals surface area contributed by atoms with Crippen LogP contribution >= 0.6 is 0 Å². The van der Waals surface area contributed by atoms with Gasteiger partial charge >= 0.3 is 0 Å². The first-order chi connectivity index (χ1) is 9.05. The minimum Gasteiger partial charge on any atom is -0.312 e. The van der Waals surface area contributed by atoms with Crippen molar-refractivity contribution in [3.8, 4) is 0 Å². The molecule has 0 bridgehead atoms. The van der Waals surface area contributed by atoms with Crippen LogP contribution in [0.5, 0.6) is 0 Å². The monoisotopic (exact) mass is 256 g/mol. The number of nitrogens with one attached hydrogen (secondary N) is 1. The zero-order valence-corrected chi connectivity index (χ0v) is 11.6. The molecule has 19 heavy (non-hydrogen) atoms. The predicted octanol–water partition coefficient (Wildman–Crippen LogP) is 2.81. The number of carbonyl (C=O) groups excluding carboxylic acids is 1. The van der Waals surface area contributed by atoms with Crippen molar-refractivity contribution in [1.82, 2.24) is 5.32 Å². The lowest BCUT2D eigenvalue weighted by Crippen LogP contribution is -2.43. The van der Waals surface area contributed by atoms with Gasteiger partial charge in [-0.05, 0) is 32.3 Å². The van der Waals surface area contributed by atoms with Gasteiger partial charge in [-0.1, -0.05) is 43.2 Å². The molecule has 0 unspecified atom stereocenters. The molecule has 0 saturated heterocycles. The van der Waals surface area contributed by atoms with Crippen molar-refractivity contribution in [3.63, 3.8) is 0 Å². The molecule has 3 nitrogen and oxygen atoms in total. The average molecular weight is 256 g/mol. The van der Waals surface area contributed by atoms with E-state index in [0.717, 1.165) is 18.7 Å². The van der Waals surface area contributed by atoms with E-state index in [0.29, 0.717) is 0 Å². The molecule has 1 N–H and O–H groups in total. The fraction of sp³-hybridized carbons (Fsp3) is 0.500.